The van der Waals surface area contributed by atoms with E-state index in [2.05, 4.69) is 15.1 Å². The van der Waals surface area contributed by atoms with Gasteiger partial charge in [0, 0.05) is 17.8 Å². The highest BCUT2D eigenvalue weighted by atomic mass is 16.5. The zero-order valence-electron chi connectivity index (χ0n) is 18.0. The molecule has 1 fully saturated rings. The van der Waals surface area contributed by atoms with E-state index in [4.69, 9.17) is 9.47 Å². The van der Waals surface area contributed by atoms with Gasteiger partial charge in [-0.3, -0.25) is 4.79 Å². The van der Waals surface area contributed by atoms with E-state index in [0.29, 0.717) is 31.0 Å². The summed E-state index contributed by atoms with van der Waals surface area (Å²) in [6, 6.07) is 5.75. The number of hydrogen-bond acceptors (Lipinski definition) is 6. The summed E-state index contributed by atoms with van der Waals surface area (Å²) in [4.78, 5) is 23.7. The number of nitrogens with zero attached hydrogens (tertiary/aromatic N) is 5. The molecule has 0 spiro atoms. The molecule has 1 aliphatic heterocycles. The van der Waals surface area contributed by atoms with Crippen molar-refractivity contribution in [3.05, 3.63) is 52.6 Å². The SMILES string of the molecule is Cc1cc(C2CN(C(=O)c3cc(C)c(OC(C)C)c(C)c3)CCO2)n2ncnc2n1. The third kappa shape index (κ3) is 3.87. The normalized spacial score (nSPS) is 17.0. The van der Waals surface area contributed by atoms with Crippen LogP contribution in [0.2, 0.25) is 0 Å². The molecule has 3 heterocycles. The molecule has 158 valence electrons. The summed E-state index contributed by atoms with van der Waals surface area (Å²) in [6.07, 6.45) is 1.27. The fraction of sp³-hybridized carbons (Fsp3) is 0.455. The number of benzene rings is 1. The third-order valence-corrected chi connectivity index (χ3v) is 5.15. The molecule has 0 N–H and O–H groups in total. The van der Waals surface area contributed by atoms with Gasteiger partial charge in [-0.05, 0) is 63.9 Å². The first-order valence-corrected chi connectivity index (χ1v) is 10.2. The second kappa shape index (κ2) is 8.02. The Kier molecular flexibility index (Phi) is 5.42. The Labute approximate surface area is 175 Å². The van der Waals surface area contributed by atoms with Gasteiger partial charge in [-0.2, -0.15) is 14.6 Å². The Balaban J connectivity index is 1.59. The number of rotatable bonds is 4. The van der Waals surface area contributed by atoms with Gasteiger partial charge in [0.15, 0.2) is 0 Å². The molecule has 8 heteroatoms. The number of amides is 1. The maximum Gasteiger partial charge on any atom is 0.254 e. The van der Waals surface area contributed by atoms with Crippen molar-refractivity contribution in [2.75, 3.05) is 19.7 Å². The van der Waals surface area contributed by atoms with Crippen LogP contribution in [0.3, 0.4) is 0 Å². The van der Waals surface area contributed by atoms with E-state index in [-0.39, 0.29) is 18.1 Å². The molecule has 0 aliphatic carbocycles. The van der Waals surface area contributed by atoms with Crippen molar-refractivity contribution in [2.45, 2.75) is 46.8 Å². The van der Waals surface area contributed by atoms with Crippen LogP contribution in [0.1, 0.15) is 52.8 Å². The summed E-state index contributed by atoms with van der Waals surface area (Å²) < 4.78 is 13.6. The van der Waals surface area contributed by atoms with Crippen molar-refractivity contribution < 1.29 is 14.3 Å². The lowest BCUT2D eigenvalue weighted by Crippen LogP contribution is -2.42. The van der Waals surface area contributed by atoms with Crippen molar-refractivity contribution in [3.63, 3.8) is 0 Å². The number of fused-ring (bicyclic) bond motifs is 1. The number of aryl methyl sites for hydroxylation is 3. The van der Waals surface area contributed by atoms with Gasteiger partial charge in [0.25, 0.3) is 11.7 Å². The minimum Gasteiger partial charge on any atom is -0.490 e. The number of carbonyl (C=O) groups is 1. The molecule has 4 rings (SSSR count). The fourth-order valence-electron chi connectivity index (χ4n) is 3.88. The van der Waals surface area contributed by atoms with Crippen LogP contribution in [-0.2, 0) is 4.74 Å². The Morgan fingerprint density at radius 3 is 2.63 bits per heavy atom. The zero-order chi connectivity index (χ0) is 21.4. The first kappa shape index (κ1) is 20.3. The van der Waals surface area contributed by atoms with E-state index >= 15 is 0 Å². The average Bonchev–Trinajstić information content (AvgIpc) is 3.17. The summed E-state index contributed by atoms with van der Waals surface area (Å²) in [5, 5.41) is 4.27. The molecular formula is C22H27N5O3. The Morgan fingerprint density at radius 2 is 1.93 bits per heavy atom. The first-order chi connectivity index (χ1) is 14.3. The molecule has 3 aromatic rings. The molecule has 2 aromatic heterocycles. The van der Waals surface area contributed by atoms with E-state index < -0.39 is 0 Å². The largest absolute Gasteiger partial charge is 0.490 e. The van der Waals surface area contributed by atoms with Crippen LogP contribution < -0.4 is 4.74 Å². The number of carbonyl (C=O) groups excluding carboxylic acids is 1. The third-order valence-electron chi connectivity index (χ3n) is 5.15. The van der Waals surface area contributed by atoms with E-state index in [0.717, 1.165) is 28.3 Å². The quantitative estimate of drug-likeness (QED) is 0.659. The van der Waals surface area contributed by atoms with Crippen LogP contribution in [-0.4, -0.2) is 56.2 Å². The van der Waals surface area contributed by atoms with Gasteiger partial charge in [-0.15, -0.1) is 0 Å². The molecule has 0 saturated carbocycles. The zero-order valence-corrected chi connectivity index (χ0v) is 18.0. The fourth-order valence-corrected chi connectivity index (χ4v) is 3.88. The van der Waals surface area contributed by atoms with E-state index in [1.165, 1.54) is 6.33 Å². The highest BCUT2D eigenvalue weighted by Crippen LogP contribution is 2.28. The molecule has 1 unspecified atom stereocenters. The molecule has 1 aliphatic rings. The van der Waals surface area contributed by atoms with Gasteiger partial charge in [0.2, 0.25) is 0 Å². The Hall–Kier alpha value is -3.00. The van der Waals surface area contributed by atoms with Crippen LogP contribution in [0.25, 0.3) is 5.78 Å². The standard InChI is InChI=1S/C22H27N5O3/c1-13(2)30-20-14(3)8-17(9-15(20)4)21(28)26-6-7-29-19(11-26)18-10-16(5)25-22-23-12-24-27(18)22/h8-10,12-13,19H,6-7,11H2,1-5H3. The molecular weight excluding hydrogens is 382 g/mol. The second-order valence-corrected chi connectivity index (χ2v) is 8.01. The maximum atomic E-state index is 13.3. The Bertz CT molecular complexity index is 1070. The van der Waals surface area contributed by atoms with Gasteiger partial charge in [-0.1, -0.05) is 0 Å². The van der Waals surface area contributed by atoms with Gasteiger partial charge in [0.1, 0.15) is 18.2 Å². The molecule has 1 saturated heterocycles. The van der Waals surface area contributed by atoms with Gasteiger partial charge in [0.05, 0.1) is 24.9 Å². The monoisotopic (exact) mass is 409 g/mol. The molecule has 0 bridgehead atoms. The van der Waals surface area contributed by atoms with Gasteiger partial charge >= 0.3 is 0 Å². The van der Waals surface area contributed by atoms with Crippen LogP contribution in [0, 0.1) is 20.8 Å². The molecule has 1 amide bonds. The molecule has 1 aromatic carbocycles. The number of ether oxygens (including phenoxy) is 2. The maximum absolute atomic E-state index is 13.3. The van der Waals surface area contributed by atoms with E-state index in [1.54, 1.807) is 4.52 Å². The minimum atomic E-state index is -0.292. The lowest BCUT2D eigenvalue weighted by atomic mass is 10.0. The van der Waals surface area contributed by atoms with Crippen molar-refractivity contribution in [3.8, 4) is 5.75 Å². The lowest BCUT2D eigenvalue weighted by Gasteiger charge is -2.33. The number of aromatic nitrogens is 4. The van der Waals surface area contributed by atoms with Crippen molar-refractivity contribution in [1.29, 1.82) is 0 Å². The highest BCUT2D eigenvalue weighted by molar-refractivity contribution is 5.95. The van der Waals surface area contributed by atoms with Crippen LogP contribution in [0.15, 0.2) is 24.5 Å². The van der Waals surface area contributed by atoms with Crippen molar-refractivity contribution in [1.82, 2.24) is 24.5 Å². The highest BCUT2D eigenvalue weighted by Gasteiger charge is 2.29. The van der Waals surface area contributed by atoms with Crippen molar-refractivity contribution in [2.24, 2.45) is 0 Å². The molecule has 1 atom stereocenters. The topological polar surface area (TPSA) is 81.9 Å². The van der Waals surface area contributed by atoms with Gasteiger partial charge < -0.3 is 14.4 Å². The summed E-state index contributed by atoms with van der Waals surface area (Å²) in [5.74, 6) is 1.37. The smallest absolute Gasteiger partial charge is 0.254 e. The van der Waals surface area contributed by atoms with Crippen molar-refractivity contribution >= 4 is 11.7 Å². The average molecular weight is 409 g/mol. The summed E-state index contributed by atoms with van der Waals surface area (Å²) >= 11 is 0. The first-order valence-electron chi connectivity index (χ1n) is 10.2. The summed E-state index contributed by atoms with van der Waals surface area (Å²) in [5.41, 5.74) is 4.28. The predicted octanol–water partition coefficient (Wildman–Crippen LogP) is 3.05. The Morgan fingerprint density at radius 1 is 1.20 bits per heavy atom. The predicted molar refractivity (Wildman–Crippen MR) is 112 cm³/mol. The summed E-state index contributed by atoms with van der Waals surface area (Å²) in [7, 11) is 0. The van der Waals surface area contributed by atoms with Crippen LogP contribution in [0.4, 0.5) is 0 Å². The van der Waals surface area contributed by atoms with E-state index in [1.807, 2.05) is 57.7 Å². The van der Waals surface area contributed by atoms with E-state index in [9.17, 15) is 4.79 Å². The molecule has 0 radical (unpaired) electrons. The summed E-state index contributed by atoms with van der Waals surface area (Å²) in [6.45, 7) is 11.3. The molecule has 8 nitrogen and oxygen atoms in total. The van der Waals surface area contributed by atoms with Crippen LogP contribution in [0.5, 0.6) is 5.75 Å². The number of hydrogen-bond donors (Lipinski definition) is 0. The molecule has 30 heavy (non-hydrogen) atoms. The lowest BCUT2D eigenvalue weighted by molar-refractivity contribution is -0.0257. The minimum absolute atomic E-state index is 0.00814. The number of morpholine rings is 1. The van der Waals surface area contributed by atoms with Gasteiger partial charge in [-0.25, -0.2) is 4.98 Å². The second-order valence-electron chi connectivity index (χ2n) is 8.01. The van der Waals surface area contributed by atoms with Crippen LogP contribution >= 0.6 is 0 Å².